The Hall–Kier alpha value is -2.43. The van der Waals surface area contributed by atoms with E-state index in [0.717, 1.165) is 24.0 Å². The quantitative estimate of drug-likeness (QED) is 0.227. The molecular formula is C24H31O6P. The first-order valence-electron chi connectivity index (χ1n) is 10.6. The van der Waals surface area contributed by atoms with E-state index in [0.29, 0.717) is 6.61 Å². The van der Waals surface area contributed by atoms with Crippen molar-refractivity contribution in [1.29, 1.82) is 0 Å². The predicted octanol–water partition coefficient (Wildman–Crippen LogP) is 5.16. The van der Waals surface area contributed by atoms with Gasteiger partial charge >= 0.3 is 11.9 Å². The van der Waals surface area contributed by atoms with Crippen LogP contribution in [0.1, 0.15) is 43.7 Å². The minimum absolute atomic E-state index is 0.0437. The monoisotopic (exact) mass is 446 g/mol. The average Bonchev–Trinajstić information content (AvgIpc) is 2.80. The summed E-state index contributed by atoms with van der Waals surface area (Å²) in [5.41, 5.74) is 1.76. The minimum Gasteiger partial charge on any atom is -0.461 e. The van der Waals surface area contributed by atoms with E-state index in [-0.39, 0.29) is 32.2 Å². The largest absolute Gasteiger partial charge is 0.461 e. The fraction of sp³-hybridized carbons (Fsp3) is 0.417. The van der Waals surface area contributed by atoms with E-state index < -0.39 is 25.9 Å². The zero-order valence-electron chi connectivity index (χ0n) is 18.0. The smallest absolute Gasteiger partial charge is 0.309 e. The molecule has 2 unspecified atom stereocenters. The van der Waals surface area contributed by atoms with Gasteiger partial charge in [-0.3, -0.25) is 14.2 Å². The number of hydrogen-bond donors (Lipinski definition) is 0. The molecule has 7 heteroatoms. The zero-order valence-corrected chi connectivity index (χ0v) is 19.0. The summed E-state index contributed by atoms with van der Waals surface area (Å²) < 4.78 is 28.4. The lowest BCUT2D eigenvalue weighted by atomic mass is 10.1. The molecule has 2 atom stereocenters. The zero-order chi connectivity index (χ0) is 22.3. The number of benzene rings is 2. The van der Waals surface area contributed by atoms with Gasteiger partial charge in [0, 0.05) is 12.6 Å². The van der Waals surface area contributed by atoms with Crippen LogP contribution in [0.15, 0.2) is 60.7 Å². The van der Waals surface area contributed by atoms with Gasteiger partial charge in [0.2, 0.25) is 0 Å². The van der Waals surface area contributed by atoms with Gasteiger partial charge in [-0.25, -0.2) is 0 Å². The lowest BCUT2D eigenvalue weighted by Crippen LogP contribution is -2.22. The predicted molar refractivity (Wildman–Crippen MR) is 120 cm³/mol. The second-order valence-electron chi connectivity index (χ2n) is 7.25. The van der Waals surface area contributed by atoms with Crippen LogP contribution in [0.2, 0.25) is 0 Å². The minimum atomic E-state index is -2.39. The molecule has 0 aliphatic carbocycles. The lowest BCUT2D eigenvalue weighted by Gasteiger charge is -2.16. The van der Waals surface area contributed by atoms with Crippen molar-refractivity contribution in [3.8, 4) is 0 Å². The van der Waals surface area contributed by atoms with Gasteiger partial charge in [0.25, 0.3) is 0 Å². The van der Waals surface area contributed by atoms with Crippen LogP contribution < -0.4 is 0 Å². The average molecular weight is 446 g/mol. The molecule has 0 N–H and O–H groups in total. The number of unbranched alkanes of at least 4 members (excludes halogenated alkanes) is 1. The van der Waals surface area contributed by atoms with Crippen LogP contribution in [0.4, 0.5) is 0 Å². The third kappa shape index (κ3) is 10.4. The molecular weight excluding hydrogens is 415 g/mol. The Bertz CT molecular complexity index is 809. The van der Waals surface area contributed by atoms with E-state index in [4.69, 9.17) is 14.0 Å². The molecule has 0 radical (unpaired) electrons. The van der Waals surface area contributed by atoms with E-state index in [1.807, 2.05) is 67.6 Å². The van der Waals surface area contributed by atoms with Gasteiger partial charge in [-0.15, -0.1) is 0 Å². The second-order valence-corrected chi connectivity index (χ2v) is 8.69. The summed E-state index contributed by atoms with van der Waals surface area (Å²) in [6.45, 7) is 2.73. The maximum atomic E-state index is 12.6. The topological polar surface area (TPSA) is 78.9 Å². The third-order valence-electron chi connectivity index (χ3n) is 4.67. The highest BCUT2D eigenvalue weighted by molar-refractivity contribution is 7.39. The summed E-state index contributed by atoms with van der Waals surface area (Å²) in [4.78, 5) is 24.8. The van der Waals surface area contributed by atoms with Gasteiger partial charge < -0.3 is 14.0 Å². The fourth-order valence-corrected chi connectivity index (χ4v) is 4.11. The molecule has 2 aromatic carbocycles. The third-order valence-corrected chi connectivity index (χ3v) is 6.02. The summed E-state index contributed by atoms with van der Waals surface area (Å²) in [5, 5.41) is 0. The van der Waals surface area contributed by atoms with Gasteiger partial charge in [-0.1, -0.05) is 74.0 Å². The summed E-state index contributed by atoms with van der Waals surface area (Å²) in [6.07, 6.45) is 2.06. The van der Waals surface area contributed by atoms with Crippen molar-refractivity contribution in [2.75, 3.05) is 12.8 Å². The summed E-state index contributed by atoms with van der Waals surface area (Å²) >= 11 is 0. The molecule has 2 aromatic rings. The summed E-state index contributed by atoms with van der Waals surface area (Å²) in [5.74, 6) is -1.56. The number of ether oxygens (including phenoxy) is 2. The van der Waals surface area contributed by atoms with E-state index in [1.165, 1.54) is 0 Å². The maximum absolute atomic E-state index is 12.6. The number of carbonyl (C=O) groups is 2. The van der Waals surface area contributed by atoms with Crippen molar-refractivity contribution in [1.82, 2.24) is 0 Å². The molecule has 0 fully saturated rings. The van der Waals surface area contributed by atoms with E-state index >= 15 is 0 Å². The standard InChI is InChI=1S/C24H31O6P/c1-2-3-16-30-31(27)19-22(24(26)29-18-21-12-8-5-9-13-21)14-15-23(25)28-17-20-10-6-4-7-11-20/h4-13,22,31H,2-3,14-19H2,1H3. The van der Waals surface area contributed by atoms with Crippen molar-refractivity contribution in [3.05, 3.63) is 71.8 Å². The molecule has 0 spiro atoms. The molecule has 0 amide bonds. The van der Waals surface area contributed by atoms with Crippen molar-refractivity contribution in [2.45, 2.75) is 45.8 Å². The van der Waals surface area contributed by atoms with E-state index in [9.17, 15) is 14.2 Å². The fourth-order valence-electron chi connectivity index (χ4n) is 2.84. The SMILES string of the molecule is CCCCO[PH](=O)CC(CCC(=O)OCc1ccccc1)C(=O)OCc1ccccc1. The maximum Gasteiger partial charge on any atom is 0.309 e. The first-order chi connectivity index (χ1) is 15.1. The van der Waals surface area contributed by atoms with Crippen LogP contribution >= 0.6 is 8.03 Å². The van der Waals surface area contributed by atoms with E-state index in [2.05, 4.69) is 0 Å². The highest BCUT2D eigenvalue weighted by atomic mass is 31.1. The summed E-state index contributed by atoms with van der Waals surface area (Å²) in [6, 6.07) is 18.7. The number of hydrogen-bond acceptors (Lipinski definition) is 6. The number of carbonyl (C=O) groups excluding carboxylic acids is 2. The Kier molecular flexibility index (Phi) is 11.7. The highest BCUT2D eigenvalue weighted by Gasteiger charge is 2.24. The highest BCUT2D eigenvalue weighted by Crippen LogP contribution is 2.29. The van der Waals surface area contributed by atoms with Crippen molar-refractivity contribution in [2.24, 2.45) is 5.92 Å². The Morgan fingerprint density at radius 1 is 0.903 bits per heavy atom. The van der Waals surface area contributed by atoms with Crippen molar-refractivity contribution >= 4 is 20.0 Å². The molecule has 168 valence electrons. The van der Waals surface area contributed by atoms with Crippen LogP contribution in [0, 0.1) is 5.92 Å². The van der Waals surface area contributed by atoms with Gasteiger partial charge in [0.15, 0.2) is 8.03 Å². The molecule has 2 rings (SSSR count). The Morgan fingerprint density at radius 3 is 2.06 bits per heavy atom. The van der Waals surface area contributed by atoms with Gasteiger partial charge in [-0.05, 0) is 24.0 Å². The molecule has 0 aliphatic heterocycles. The molecule has 0 saturated carbocycles. The van der Waals surface area contributed by atoms with Crippen LogP contribution in [-0.4, -0.2) is 24.7 Å². The number of esters is 2. The molecule has 0 bridgehead atoms. The second kappa shape index (κ2) is 14.6. The number of rotatable bonds is 14. The molecule has 6 nitrogen and oxygen atoms in total. The molecule has 0 aromatic heterocycles. The molecule has 0 saturated heterocycles. The van der Waals surface area contributed by atoms with Crippen molar-refractivity contribution < 1.29 is 28.2 Å². The van der Waals surface area contributed by atoms with Crippen LogP contribution in [0.25, 0.3) is 0 Å². The first-order valence-corrected chi connectivity index (χ1v) is 12.2. The van der Waals surface area contributed by atoms with E-state index in [1.54, 1.807) is 0 Å². The van der Waals surface area contributed by atoms with Gasteiger partial charge in [0.1, 0.15) is 13.2 Å². The Morgan fingerprint density at radius 2 is 1.48 bits per heavy atom. The summed E-state index contributed by atoms with van der Waals surface area (Å²) in [7, 11) is -2.39. The molecule has 31 heavy (non-hydrogen) atoms. The van der Waals surface area contributed by atoms with Crippen LogP contribution in [-0.2, 0) is 41.4 Å². The molecule has 0 heterocycles. The van der Waals surface area contributed by atoms with Gasteiger partial charge in [0.05, 0.1) is 12.5 Å². The molecule has 0 aliphatic rings. The first kappa shape index (κ1) is 24.8. The van der Waals surface area contributed by atoms with Crippen LogP contribution in [0.3, 0.4) is 0 Å². The van der Waals surface area contributed by atoms with Crippen LogP contribution in [0.5, 0.6) is 0 Å². The Labute approximate surface area is 184 Å². The van der Waals surface area contributed by atoms with Crippen molar-refractivity contribution in [3.63, 3.8) is 0 Å². The Balaban J connectivity index is 1.86. The lowest BCUT2D eigenvalue weighted by molar-refractivity contribution is -0.150. The normalized spacial score (nSPS) is 12.7. The van der Waals surface area contributed by atoms with Gasteiger partial charge in [-0.2, -0.15) is 0 Å².